The zero-order valence-corrected chi connectivity index (χ0v) is 11.6. The van der Waals surface area contributed by atoms with Crippen molar-refractivity contribution in [2.45, 2.75) is 45.2 Å². The summed E-state index contributed by atoms with van der Waals surface area (Å²) in [4.78, 5) is 0. The van der Waals surface area contributed by atoms with E-state index >= 15 is 0 Å². The zero-order chi connectivity index (χ0) is 14.3. The SMILES string of the molecule is CC(NCc1cc(F)c(F)c(F)c1)C1CC2CCC1C2. The van der Waals surface area contributed by atoms with Crippen LogP contribution in [0.5, 0.6) is 0 Å². The van der Waals surface area contributed by atoms with Crippen molar-refractivity contribution < 1.29 is 13.2 Å². The Bertz CT molecular complexity index is 479. The fraction of sp³-hybridized carbons (Fsp3) is 0.625. The molecule has 4 atom stereocenters. The molecule has 0 heterocycles. The van der Waals surface area contributed by atoms with Gasteiger partial charge in [-0.05, 0) is 61.6 Å². The number of halogens is 3. The van der Waals surface area contributed by atoms with Gasteiger partial charge in [-0.3, -0.25) is 0 Å². The Morgan fingerprint density at radius 2 is 1.85 bits per heavy atom. The molecular weight excluding hydrogens is 263 g/mol. The van der Waals surface area contributed by atoms with E-state index in [9.17, 15) is 13.2 Å². The van der Waals surface area contributed by atoms with Crippen LogP contribution in [-0.2, 0) is 6.54 Å². The molecule has 2 aliphatic carbocycles. The van der Waals surface area contributed by atoms with E-state index in [-0.39, 0.29) is 0 Å². The predicted octanol–water partition coefficient (Wildman–Crippen LogP) is 4.02. The van der Waals surface area contributed by atoms with Crippen LogP contribution in [0.25, 0.3) is 0 Å². The van der Waals surface area contributed by atoms with Crippen LogP contribution in [0.3, 0.4) is 0 Å². The van der Waals surface area contributed by atoms with Gasteiger partial charge in [0.05, 0.1) is 0 Å². The summed E-state index contributed by atoms with van der Waals surface area (Å²) in [6.45, 7) is 2.52. The van der Waals surface area contributed by atoms with Crippen LogP contribution in [-0.4, -0.2) is 6.04 Å². The Morgan fingerprint density at radius 3 is 2.40 bits per heavy atom. The molecule has 1 aromatic rings. The summed E-state index contributed by atoms with van der Waals surface area (Å²) in [6.07, 6.45) is 5.30. The van der Waals surface area contributed by atoms with Crippen LogP contribution in [0.2, 0.25) is 0 Å². The van der Waals surface area contributed by atoms with Gasteiger partial charge in [0.1, 0.15) is 0 Å². The first kappa shape index (κ1) is 13.9. The van der Waals surface area contributed by atoms with E-state index in [1.54, 1.807) is 0 Å². The molecule has 0 saturated heterocycles. The van der Waals surface area contributed by atoms with Gasteiger partial charge in [-0.25, -0.2) is 13.2 Å². The molecule has 110 valence electrons. The van der Waals surface area contributed by atoms with E-state index in [1.807, 2.05) is 0 Å². The van der Waals surface area contributed by atoms with Crippen molar-refractivity contribution in [3.63, 3.8) is 0 Å². The number of rotatable bonds is 4. The lowest BCUT2D eigenvalue weighted by molar-refractivity contribution is 0.259. The fourth-order valence-corrected chi connectivity index (χ4v) is 4.05. The molecule has 0 aromatic heterocycles. The highest BCUT2D eigenvalue weighted by atomic mass is 19.2. The third-order valence-electron chi connectivity index (χ3n) is 5.11. The van der Waals surface area contributed by atoms with Gasteiger partial charge >= 0.3 is 0 Å². The van der Waals surface area contributed by atoms with E-state index < -0.39 is 17.5 Å². The van der Waals surface area contributed by atoms with Crippen LogP contribution in [0.1, 0.15) is 38.2 Å². The Morgan fingerprint density at radius 1 is 1.15 bits per heavy atom. The second-order valence-electron chi connectivity index (χ2n) is 6.38. The first-order valence-corrected chi connectivity index (χ1v) is 7.41. The van der Waals surface area contributed by atoms with E-state index in [0.29, 0.717) is 24.1 Å². The number of fused-ring (bicyclic) bond motifs is 2. The van der Waals surface area contributed by atoms with Crippen molar-refractivity contribution >= 4 is 0 Å². The maximum atomic E-state index is 13.1. The molecule has 0 aliphatic heterocycles. The molecule has 3 rings (SSSR count). The van der Waals surface area contributed by atoms with Crippen LogP contribution >= 0.6 is 0 Å². The van der Waals surface area contributed by atoms with Crippen molar-refractivity contribution in [2.75, 3.05) is 0 Å². The topological polar surface area (TPSA) is 12.0 Å². The largest absolute Gasteiger partial charge is 0.310 e. The molecule has 2 fully saturated rings. The standard InChI is InChI=1S/C16H20F3N/c1-9(13-5-10-2-3-12(13)4-10)20-8-11-6-14(17)16(19)15(18)7-11/h6-7,9-10,12-13,20H,2-5,8H2,1H3. The summed E-state index contributed by atoms with van der Waals surface area (Å²) >= 11 is 0. The Labute approximate surface area is 117 Å². The average Bonchev–Trinajstić information content (AvgIpc) is 3.04. The second kappa shape index (κ2) is 5.40. The third-order valence-corrected chi connectivity index (χ3v) is 5.11. The summed E-state index contributed by atoms with van der Waals surface area (Å²) in [5.41, 5.74) is 0.455. The molecule has 2 saturated carbocycles. The average molecular weight is 283 g/mol. The van der Waals surface area contributed by atoms with Crippen molar-refractivity contribution in [3.8, 4) is 0 Å². The minimum atomic E-state index is -1.39. The van der Waals surface area contributed by atoms with Crippen LogP contribution < -0.4 is 5.32 Å². The first-order chi connectivity index (χ1) is 9.54. The summed E-state index contributed by atoms with van der Waals surface area (Å²) in [5, 5.41) is 3.34. The van der Waals surface area contributed by atoms with Gasteiger partial charge in [0.2, 0.25) is 0 Å². The van der Waals surface area contributed by atoms with Crippen molar-refractivity contribution in [1.29, 1.82) is 0 Å². The normalized spacial score (nSPS) is 29.9. The maximum absolute atomic E-state index is 13.1. The molecule has 0 radical (unpaired) electrons. The van der Waals surface area contributed by atoms with Gasteiger partial charge in [0.15, 0.2) is 17.5 Å². The molecule has 4 heteroatoms. The van der Waals surface area contributed by atoms with Gasteiger partial charge in [-0.2, -0.15) is 0 Å². The minimum absolute atomic E-state index is 0.335. The van der Waals surface area contributed by atoms with Crippen LogP contribution in [0.4, 0.5) is 13.2 Å². The molecule has 1 N–H and O–H groups in total. The van der Waals surface area contributed by atoms with Gasteiger partial charge < -0.3 is 5.32 Å². The Balaban J connectivity index is 1.59. The van der Waals surface area contributed by atoms with Crippen LogP contribution in [0.15, 0.2) is 12.1 Å². The van der Waals surface area contributed by atoms with Gasteiger partial charge in [0, 0.05) is 12.6 Å². The fourth-order valence-electron chi connectivity index (χ4n) is 4.05. The van der Waals surface area contributed by atoms with Crippen molar-refractivity contribution in [3.05, 3.63) is 35.1 Å². The van der Waals surface area contributed by atoms with Crippen molar-refractivity contribution in [1.82, 2.24) is 5.32 Å². The molecule has 0 spiro atoms. The highest BCUT2D eigenvalue weighted by molar-refractivity contribution is 5.19. The predicted molar refractivity (Wildman–Crippen MR) is 71.6 cm³/mol. The lowest BCUT2D eigenvalue weighted by Crippen LogP contribution is -2.35. The Kier molecular flexibility index (Phi) is 3.76. The van der Waals surface area contributed by atoms with Gasteiger partial charge in [-0.15, -0.1) is 0 Å². The molecule has 4 unspecified atom stereocenters. The smallest absolute Gasteiger partial charge is 0.194 e. The Hall–Kier alpha value is -1.03. The maximum Gasteiger partial charge on any atom is 0.194 e. The molecule has 1 nitrogen and oxygen atoms in total. The quantitative estimate of drug-likeness (QED) is 0.823. The summed E-state index contributed by atoms with van der Waals surface area (Å²) in [5.74, 6) is -1.26. The third kappa shape index (κ3) is 2.58. The van der Waals surface area contributed by atoms with E-state index in [1.165, 1.54) is 25.7 Å². The number of nitrogens with one attached hydrogen (secondary N) is 1. The zero-order valence-electron chi connectivity index (χ0n) is 11.6. The number of hydrogen-bond donors (Lipinski definition) is 1. The minimum Gasteiger partial charge on any atom is -0.310 e. The van der Waals surface area contributed by atoms with Crippen molar-refractivity contribution in [2.24, 2.45) is 17.8 Å². The molecule has 2 aliphatic rings. The van der Waals surface area contributed by atoms with Crippen LogP contribution in [0, 0.1) is 35.2 Å². The lowest BCUT2D eigenvalue weighted by atomic mass is 9.84. The van der Waals surface area contributed by atoms with Gasteiger partial charge in [-0.1, -0.05) is 6.42 Å². The molecule has 1 aromatic carbocycles. The van der Waals surface area contributed by atoms with E-state index in [4.69, 9.17) is 0 Å². The molecular formula is C16H20F3N. The lowest BCUT2D eigenvalue weighted by Gasteiger charge is -2.28. The summed E-state index contributed by atoms with van der Waals surface area (Å²) < 4.78 is 39.2. The molecule has 2 bridgehead atoms. The highest BCUT2D eigenvalue weighted by Crippen LogP contribution is 2.49. The molecule has 0 amide bonds. The number of benzene rings is 1. The monoisotopic (exact) mass is 283 g/mol. The molecule has 20 heavy (non-hydrogen) atoms. The first-order valence-electron chi connectivity index (χ1n) is 7.41. The second-order valence-corrected chi connectivity index (χ2v) is 6.38. The number of hydrogen-bond acceptors (Lipinski definition) is 1. The van der Waals surface area contributed by atoms with Gasteiger partial charge in [0.25, 0.3) is 0 Å². The summed E-state index contributed by atoms with van der Waals surface area (Å²) in [7, 11) is 0. The van der Waals surface area contributed by atoms with E-state index in [0.717, 1.165) is 24.0 Å². The highest BCUT2D eigenvalue weighted by Gasteiger charge is 2.41. The summed E-state index contributed by atoms with van der Waals surface area (Å²) in [6, 6.07) is 2.47. The van der Waals surface area contributed by atoms with E-state index in [2.05, 4.69) is 12.2 Å².